The van der Waals surface area contributed by atoms with Crippen LogP contribution in [0.1, 0.15) is 35.1 Å². The highest BCUT2D eigenvalue weighted by Gasteiger charge is 2.29. The van der Waals surface area contributed by atoms with Gasteiger partial charge in [-0.25, -0.2) is 9.18 Å². The van der Waals surface area contributed by atoms with Gasteiger partial charge in [0.2, 0.25) is 0 Å². The van der Waals surface area contributed by atoms with E-state index < -0.39 is 24.1 Å². The molecule has 3 N–H and O–H groups in total. The number of carbonyl (C=O) groups is 1. The summed E-state index contributed by atoms with van der Waals surface area (Å²) in [6, 6.07) is 20.3. The molecule has 2 atom stereocenters. The zero-order valence-electron chi connectivity index (χ0n) is 18.2. The van der Waals surface area contributed by atoms with E-state index in [1.54, 1.807) is 0 Å². The largest absolute Gasteiger partial charge is 0.493 e. The van der Waals surface area contributed by atoms with Crippen LogP contribution >= 0.6 is 0 Å². The van der Waals surface area contributed by atoms with Crippen molar-refractivity contribution in [2.45, 2.75) is 24.5 Å². The van der Waals surface area contributed by atoms with Crippen LogP contribution in [0.5, 0.6) is 5.75 Å². The normalized spacial score (nSPS) is 14.2. The molecule has 0 aromatic heterocycles. The average Bonchev–Trinajstić information content (AvgIpc) is 3.15. The Kier molecular flexibility index (Phi) is 6.91. The molecule has 0 bridgehead atoms. The number of carbonyl (C=O) groups excluding carboxylic acids is 1. The summed E-state index contributed by atoms with van der Waals surface area (Å²) in [5.74, 6) is -0.789. The molecule has 0 heterocycles. The molecule has 1 aliphatic carbocycles. The molecule has 1 amide bonds. The van der Waals surface area contributed by atoms with Gasteiger partial charge in [0, 0.05) is 18.0 Å². The second kappa shape index (κ2) is 10.0. The van der Waals surface area contributed by atoms with Crippen LogP contribution < -0.4 is 10.1 Å². The van der Waals surface area contributed by atoms with E-state index in [1.165, 1.54) is 25.3 Å². The molecule has 0 spiro atoms. The zero-order chi connectivity index (χ0) is 23.4. The van der Waals surface area contributed by atoms with Gasteiger partial charge in [-0.2, -0.15) is 0 Å². The Balaban J connectivity index is 1.30. The molecule has 3 aromatic rings. The molecule has 172 valence electrons. The van der Waals surface area contributed by atoms with E-state index in [1.807, 2.05) is 36.4 Å². The van der Waals surface area contributed by atoms with E-state index in [9.17, 15) is 19.4 Å². The van der Waals surface area contributed by atoms with E-state index in [0.717, 1.165) is 22.3 Å². The van der Waals surface area contributed by atoms with Crippen LogP contribution in [-0.4, -0.2) is 42.7 Å². The van der Waals surface area contributed by atoms with Crippen molar-refractivity contribution in [1.82, 2.24) is 5.32 Å². The number of amides is 1. The summed E-state index contributed by atoms with van der Waals surface area (Å²) in [7, 11) is 1.29. The van der Waals surface area contributed by atoms with Crippen LogP contribution in [0, 0.1) is 5.82 Å². The van der Waals surface area contributed by atoms with Crippen molar-refractivity contribution in [1.29, 1.82) is 0 Å². The van der Waals surface area contributed by atoms with Crippen LogP contribution in [0.3, 0.4) is 0 Å². The van der Waals surface area contributed by atoms with E-state index in [4.69, 9.17) is 9.47 Å². The Morgan fingerprint density at radius 1 is 1.00 bits per heavy atom. The molecule has 33 heavy (non-hydrogen) atoms. The third-order valence-corrected chi connectivity index (χ3v) is 5.94. The summed E-state index contributed by atoms with van der Waals surface area (Å²) >= 11 is 0. The van der Waals surface area contributed by atoms with Crippen LogP contribution in [0.2, 0.25) is 0 Å². The monoisotopic (exact) mass is 451 g/mol. The molecule has 4 rings (SSSR count). The Morgan fingerprint density at radius 3 is 2.27 bits per heavy atom. The predicted molar refractivity (Wildman–Crippen MR) is 122 cm³/mol. The summed E-state index contributed by atoms with van der Waals surface area (Å²) in [5, 5.41) is 23.3. The number of methoxy groups -OCH3 is 1. The Morgan fingerprint density at radius 2 is 1.64 bits per heavy atom. The first kappa shape index (κ1) is 22.8. The van der Waals surface area contributed by atoms with Crippen molar-refractivity contribution in [3.05, 3.63) is 89.2 Å². The Labute approximate surface area is 191 Å². The topological polar surface area (TPSA) is 88.0 Å². The molecule has 0 saturated carbocycles. The zero-order valence-corrected chi connectivity index (χ0v) is 18.2. The molecular weight excluding hydrogens is 425 g/mol. The number of halogens is 1. The number of rotatable bonds is 8. The van der Waals surface area contributed by atoms with Crippen molar-refractivity contribution in [3.8, 4) is 16.9 Å². The molecule has 0 aliphatic heterocycles. The lowest BCUT2D eigenvalue weighted by molar-refractivity contribution is 0.0121. The number of alkyl carbamates (subject to hydrolysis) is 1. The van der Waals surface area contributed by atoms with Crippen LogP contribution in [0.25, 0.3) is 11.1 Å². The standard InChI is InChI=1S/C26H26FNO5/c1-32-25-20(11-6-12-22(25)27)24(30)23(29)13-14-28-26(31)33-15-21-18-9-4-2-7-16(18)17-8-3-5-10-19(17)21/h2-12,21,23-24,29-30H,13-15H2,1H3,(H,28,31). The minimum Gasteiger partial charge on any atom is -0.493 e. The maximum absolute atomic E-state index is 13.8. The number of hydrogen-bond acceptors (Lipinski definition) is 5. The molecule has 0 radical (unpaired) electrons. The van der Waals surface area contributed by atoms with Gasteiger partial charge in [-0.1, -0.05) is 60.7 Å². The average molecular weight is 451 g/mol. The van der Waals surface area contributed by atoms with Crippen molar-refractivity contribution < 1.29 is 28.9 Å². The third kappa shape index (κ3) is 4.69. The first-order chi connectivity index (χ1) is 16.0. The van der Waals surface area contributed by atoms with Crippen molar-refractivity contribution in [3.63, 3.8) is 0 Å². The fourth-order valence-electron chi connectivity index (χ4n) is 4.31. The maximum Gasteiger partial charge on any atom is 0.407 e. The molecule has 6 nitrogen and oxygen atoms in total. The van der Waals surface area contributed by atoms with Crippen molar-refractivity contribution in [2.75, 3.05) is 20.3 Å². The van der Waals surface area contributed by atoms with E-state index >= 15 is 0 Å². The van der Waals surface area contributed by atoms with Gasteiger partial charge >= 0.3 is 6.09 Å². The van der Waals surface area contributed by atoms with Crippen LogP contribution in [0.15, 0.2) is 66.7 Å². The van der Waals surface area contributed by atoms with Crippen molar-refractivity contribution in [2.24, 2.45) is 0 Å². The minimum atomic E-state index is -1.36. The highest BCUT2D eigenvalue weighted by molar-refractivity contribution is 5.79. The SMILES string of the molecule is COc1c(F)cccc1C(O)C(O)CCNC(=O)OCC1c2ccccc2-c2ccccc21. The van der Waals surface area contributed by atoms with Gasteiger partial charge in [0.25, 0.3) is 0 Å². The number of benzene rings is 3. The summed E-state index contributed by atoms with van der Waals surface area (Å²) in [4.78, 5) is 12.2. The van der Waals surface area contributed by atoms with Crippen LogP contribution in [-0.2, 0) is 4.74 Å². The molecular formula is C26H26FNO5. The van der Waals surface area contributed by atoms with E-state index in [-0.39, 0.29) is 36.8 Å². The lowest BCUT2D eigenvalue weighted by Gasteiger charge is -2.20. The number of aliphatic hydroxyl groups excluding tert-OH is 2. The van der Waals surface area contributed by atoms with Crippen LogP contribution in [0.4, 0.5) is 9.18 Å². The van der Waals surface area contributed by atoms with Crippen molar-refractivity contribution >= 4 is 6.09 Å². The number of ether oxygens (including phenoxy) is 2. The van der Waals surface area contributed by atoms with E-state index in [0.29, 0.717) is 0 Å². The van der Waals surface area contributed by atoms with Gasteiger partial charge in [-0.15, -0.1) is 0 Å². The third-order valence-electron chi connectivity index (χ3n) is 5.94. The number of para-hydroxylation sites is 1. The molecule has 0 fully saturated rings. The fraction of sp³-hybridized carbons (Fsp3) is 0.269. The maximum atomic E-state index is 13.8. The number of hydrogen-bond donors (Lipinski definition) is 3. The first-order valence-electron chi connectivity index (χ1n) is 10.8. The van der Waals surface area contributed by atoms with Gasteiger partial charge < -0.3 is 25.0 Å². The molecule has 0 saturated heterocycles. The molecule has 3 aromatic carbocycles. The number of aliphatic hydroxyl groups is 2. The lowest BCUT2D eigenvalue weighted by atomic mass is 9.98. The summed E-state index contributed by atoms with van der Waals surface area (Å²) < 4.78 is 24.3. The Bertz CT molecular complexity index is 1090. The van der Waals surface area contributed by atoms with Gasteiger partial charge in [0.15, 0.2) is 11.6 Å². The van der Waals surface area contributed by atoms with E-state index in [2.05, 4.69) is 17.4 Å². The first-order valence-corrected chi connectivity index (χ1v) is 10.8. The number of fused-ring (bicyclic) bond motifs is 3. The lowest BCUT2D eigenvalue weighted by Crippen LogP contribution is -2.30. The minimum absolute atomic E-state index is 0.0454. The van der Waals surface area contributed by atoms with Gasteiger partial charge in [-0.3, -0.25) is 0 Å². The molecule has 1 aliphatic rings. The highest BCUT2D eigenvalue weighted by atomic mass is 19.1. The predicted octanol–water partition coefficient (Wildman–Crippen LogP) is 4.16. The number of nitrogens with one attached hydrogen (secondary N) is 1. The van der Waals surface area contributed by atoms with Gasteiger partial charge in [-0.05, 0) is 34.7 Å². The fourth-order valence-corrected chi connectivity index (χ4v) is 4.31. The van der Waals surface area contributed by atoms with Gasteiger partial charge in [0.05, 0.1) is 13.2 Å². The summed E-state index contributed by atoms with van der Waals surface area (Å²) in [6.45, 7) is 0.262. The van der Waals surface area contributed by atoms with Gasteiger partial charge in [0.1, 0.15) is 12.7 Å². The highest BCUT2D eigenvalue weighted by Crippen LogP contribution is 2.44. The smallest absolute Gasteiger partial charge is 0.407 e. The Hall–Kier alpha value is -3.42. The second-order valence-electron chi connectivity index (χ2n) is 7.92. The second-order valence-corrected chi connectivity index (χ2v) is 7.92. The molecule has 2 unspecified atom stereocenters. The summed E-state index contributed by atoms with van der Waals surface area (Å²) in [5.41, 5.74) is 4.67. The quantitative estimate of drug-likeness (QED) is 0.479. The molecule has 7 heteroatoms. The summed E-state index contributed by atoms with van der Waals surface area (Å²) in [6.07, 6.45) is -3.15.